The molecule has 0 aromatic heterocycles. The molecule has 0 aliphatic rings. The molecule has 0 saturated carbocycles. The summed E-state index contributed by atoms with van der Waals surface area (Å²) in [6.45, 7) is 5.82. The highest BCUT2D eigenvalue weighted by atomic mass is 35.5. The first-order valence-electron chi connectivity index (χ1n) is 8.62. The Morgan fingerprint density at radius 2 is 1.79 bits per heavy atom. The van der Waals surface area contributed by atoms with Crippen LogP contribution in [0.4, 0.5) is 5.69 Å². The topological polar surface area (TPSA) is 75.4 Å². The maximum absolute atomic E-state index is 12.3. The Balaban J connectivity index is 2.58. The number of amides is 2. The van der Waals surface area contributed by atoms with E-state index in [1.165, 1.54) is 0 Å². The highest BCUT2D eigenvalue weighted by Gasteiger charge is 2.16. The van der Waals surface area contributed by atoms with E-state index >= 15 is 0 Å². The Labute approximate surface area is 149 Å². The first kappa shape index (κ1) is 20.5. The van der Waals surface area contributed by atoms with E-state index < -0.39 is 0 Å². The number of benzene rings is 1. The van der Waals surface area contributed by atoms with Crippen LogP contribution in [0.15, 0.2) is 18.2 Å². The molecule has 1 rings (SSSR count). The molecule has 3 N–H and O–H groups in total. The minimum atomic E-state index is -0.0946. The van der Waals surface area contributed by atoms with Crippen LogP contribution in [-0.2, 0) is 4.79 Å². The van der Waals surface area contributed by atoms with E-state index in [0.717, 1.165) is 25.7 Å². The molecular formula is C18H28ClN3O2. The summed E-state index contributed by atoms with van der Waals surface area (Å²) in [4.78, 5) is 26.0. The second-order valence-electron chi connectivity index (χ2n) is 5.67. The molecule has 0 saturated heterocycles. The van der Waals surface area contributed by atoms with Gasteiger partial charge >= 0.3 is 0 Å². The highest BCUT2D eigenvalue weighted by Crippen LogP contribution is 2.22. The molecule has 1 aromatic rings. The zero-order valence-electron chi connectivity index (χ0n) is 14.6. The lowest BCUT2D eigenvalue weighted by Gasteiger charge is -2.19. The molecule has 0 aliphatic heterocycles. The van der Waals surface area contributed by atoms with Crippen molar-refractivity contribution in [2.75, 3.05) is 25.0 Å². The third-order valence-electron chi connectivity index (χ3n) is 3.89. The first-order chi connectivity index (χ1) is 11.5. The number of nitrogens with zero attached hydrogens (tertiary/aromatic N) is 1. The Kier molecular flexibility index (Phi) is 9.42. The Morgan fingerprint density at radius 1 is 1.12 bits per heavy atom. The Hall–Kier alpha value is -1.59. The largest absolute Gasteiger partial charge is 0.339 e. The molecule has 6 heteroatoms. The fraction of sp³-hybridized carbons (Fsp3) is 0.556. The lowest BCUT2D eigenvalue weighted by atomic mass is 10.1. The average molecular weight is 354 g/mol. The van der Waals surface area contributed by atoms with Crippen LogP contribution in [0.1, 0.15) is 56.3 Å². The third kappa shape index (κ3) is 6.49. The number of halogens is 1. The van der Waals surface area contributed by atoms with E-state index in [4.69, 9.17) is 17.3 Å². The molecule has 0 unspecified atom stereocenters. The minimum absolute atomic E-state index is 0.0402. The molecule has 134 valence electrons. The van der Waals surface area contributed by atoms with Gasteiger partial charge in [-0.2, -0.15) is 0 Å². The van der Waals surface area contributed by atoms with Gasteiger partial charge in [-0.15, -0.1) is 0 Å². The van der Waals surface area contributed by atoms with Crippen molar-refractivity contribution in [3.05, 3.63) is 28.8 Å². The smallest absolute Gasteiger partial charge is 0.255 e. The number of anilines is 1. The zero-order valence-corrected chi connectivity index (χ0v) is 15.4. The standard InChI is InChI=1S/C18H28ClN3O2/c1-3-22(4-2)18(24)15-11-10-14(13-16(15)19)21-17(23)9-7-5-6-8-12-20/h10-11,13H,3-9,12,20H2,1-2H3,(H,21,23). The fourth-order valence-electron chi connectivity index (χ4n) is 2.45. The minimum Gasteiger partial charge on any atom is -0.339 e. The summed E-state index contributed by atoms with van der Waals surface area (Å²) in [6, 6.07) is 5.01. The molecule has 1 aromatic carbocycles. The van der Waals surface area contributed by atoms with Gasteiger partial charge in [0.15, 0.2) is 0 Å². The van der Waals surface area contributed by atoms with Crippen LogP contribution in [0.5, 0.6) is 0 Å². The van der Waals surface area contributed by atoms with Crippen LogP contribution in [-0.4, -0.2) is 36.3 Å². The summed E-state index contributed by atoms with van der Waals surface area (Å²) in [5, 5.41) is 3.18. The van der Waals surface area contributed by atoms with Gasteiger partial charge in [-0.1, -0.05) is 24.4 Å². The molecule has 0 spiro atoms. The monoisotopic (exact) mass is 353 g/mol. The van der Waals surface area contributed by atoms with E-state index in [-0.39, 0.29) is 11.8 Å². The Bertz CT molecular complexity index is 545. The molecule has 0 aliphatic carbocycles. The lowest BCUT2D eigenvalue weighted by Crippen LogP contribution is -2.30. The van der Waals surface area contributed by atoms with Gasteiger partial charge in [0, 0.05) is 25.2 Å². The summed E-state index contributed by atoms with van der Waals surface area (Å²) >= 11 is 6.22. The highest BCUT2D eigenvalue weighted by molar-refractivity contribution is 6.34. The number of hydrogen-bond donors (Lipinski definition) is 2. The summed E-state index contributed by atoms with van der Waals surface area (Å²) < 4.78 is 0. The van der Waals surface area contributed by atoms with E-state index in [1.54, 1.807) is 23.1 Å². The van der Waals surface area contributed by atoms with Gasteiger partial charge in [-0.25, -0.2) is 0 Å². The molecule has 0 fully saturated rings. The van der Waals surface area contributed by atoms with E-state index in [2.05, 4.69) is 5.32 Å². The Morgan fingerprint density at radius 3 is 2.38 bits per heavy atom. The predicted molar refractivity (Wildman–Crippen MR) is 99.5 cm³/mol. The number of nitrogens with two attached hydrogens (primary N) is 1. The van der Waals surface area contributed by atoms with Crippen LogP contribution in [0.2, 0.25) is 5.02 Å². The van der Waals surface area contributed by atoms with Gasteiger partial charge in [0.1, 0.15) is 0 Å². The molecular weight excluding hydrogens is 326 g/mol. The van der Waals surface area contributed by atoms with Crippen molar-refractivity contribution < 1.29 is 9.59 Å². The van der Waals surface area contributed by atoms with Crippen molar-refractivity contribution >= 4 is 29.1 Å². The van der Waals surface area contributed by atoms with Crippen LogP contribution < -0.4 is 11.1 Å². The summed E-state index contributed by atoms with van der Waals surface area (Å²) in [5.41, 5.74) is 6.51. The van der Waals surface area contributed by atoms with Gasteiger partial charge in [0.25, 0.3) is 5.91 Å². The van der Waals surface area contributed by atoms with Crippen LogP contribution in [0.3, 0.4) is 0 Å². The first-order valence-corrected chi connectivity index (χ1v) is 9.00. The zero-order chi connectivity index (χ0) is 17.9. The number of unbranched alkanes of at least 4 members (excludes halogenated alkanes) is 3. The summed E-state index contributed by atoms with van der Waals surface area (Å²) in [6.07, 6.45) is 4.38. The van der Waals surface area contributed by atoms with Crippen molar-refractivity contribution in [3.8, 4) is 0 Å². The number of rotatable bonds is 10. The van der Waals surface area contributed by atoms with Crippen LogP contribution >= 0.6 is 11.6 Å². The van der Waals surface area contributed by atoms with Gasteiger partial charge < -0.3 is 16.0 Å². The second kappa shape index (κ2) is 11.0. The van der Waals surface area contributed by atoms with Crippen molar-refractivity contribution in [1.29, 1.82) is 0 Å². The number of nitrogens with one attached hydrogen (secondary N) is 1. The van der Waals surface area contributed by atoms with Crippen LogP contribution in [0, 0.1) is 0 Å². The van der Waals surface area contributed by atoms with Crippen molar-refractivity contribution in [2.24, 2.45) is 5.73 Å². The van der Waals surface area contributed by atoms with Crippen molar-refractivity contribution in [2.45, 2.75) is 46.0 Å². The van der Waals surface area contributed by atoms with Crippen LogP contribution in [0.25, 0.3) is 0 Å². The van der Waals surface area contributed by atoms with E-state index in [9.17, 15) is 9.59 Å². The quantitative estimate of drug-likeness (QED) is 0.630. The fourth-order valence-corrected chi connectivity index (χ4v) is 2.72. The maximum atomic E-state index is 12.3. The van der Waals surface area contributed by atoms with E-state index in [0.29, 0.717) is 42.3 Å². The molecule has 2 amide bonds. The van der Waals surface area contributed by atoms with Crippen molar-refractivity contribution in [1.82, 2.24) is 4.90 Å². The SMILES string of the molecule is CCN(CC)C(=O)c1ccc(NC(=O)CCCCCCN)cc1Cl. The van der Waals surface area contributed by atoms with Gasteiger partial charge in [0.2, 0.25) is 5.91 Å². The predicted octanol–water partition coefficient (Wildman–Crippen LogP) is 3.67. The lowest BCUT2D eigenvalue weighted by molar-refractivity contribution is -0.116. The molecule has 0 atom stereocenters. The molecule has 0 heterocycles. The van der Waals surface area contributed by atoms with Gasteiger partial charge in [0.05, 0.1) is 10.6 Å². The van der Waals surface area contributed by atoms with Gasteiger partial charge in [-0.3, -0.25) is 9.59 Å². The summed E-state index contributed by atoms with van der Waals surface area (Å²) in [7, 11) is 0. The molecule has 0 radical (unpaired) electrons. The van der Waals surface area contributed by atoms with Crippen molar-refractivity contribution in [3.63, 3.8) is 0 Å². The maximum Gasteiger partial charge on any atom is 0.255 e. The number of carbonyl (C=O) groups excluding carboxylic acids is 2. The number of hydrogen-bond acceptors (Lipinski definition) is 3. The molecule has 5 nitrogen and oxygen atoms in total. The third-order valence-corrected chi connectivity index (χ3v) is 4.20. The van der Waals surface area contributed by atoms with E-state index in [1.807, 2.05) is 13.8 Å². The average Bonchev–Trinajstić information content (AvgIpc) is 2.55. The van der Waals surface area contributed by atoms with Gasteiger partial charge in [-0.05, 0) is 51.4 Å². The second-order valence-corrected chi connectivity index (χ2v) is 6.08. The molecule has 0 bridgehead atoms. The molecule has 24 heavy (non-hydrogen) atoms. The number of carbonyl (C=O) groups is 2. The normalized spacial score (nSPS) is 10.5. The summed E-state index contributed by atoms with van der Waals surface area (Å²) in [5.74, 6) is -0.135.